The summed E-state index contributed by atoms with van der Waals surface area (Å²) in [6.45, 7) is 2.66. The van der Waals surface area contributed by atoms with E-state index in [2.05, 4.69) is 6.92 Å². The first-order chi connectivity index (χ1) is 14.7. The van der Waals surface area contributed by atoms with Crippen LogP contribution >= 0.6 is 0 Å². The van der Waals surface area contributed by atoms with Gasteiger partial charge in [-0.3, -0.25) is 0 Å². The van der Waals surface area contributed by atoms with Gasteiger partial charge in [0.25, 0.3) is 0 Å². The van der Waals surface area contributed by atoms with Crippen molar-refractivity contribution in [1.82, 2.24) is 0 Å². The van der Waals surface area contributed by atoms with E-state index in [1.807, 2.05) is 0 Å². The molecule has 0 heterocycles. The fourth-order valence-corrected chi connectivity index (χ4v) is 3.60. The van der Waals surface area contributed by atoms with Gasteiger partial charge >= 0.3 is 5.97 Å². The highest BCUT2D eigenvalue weighted by Gasteiger charge is 2.18. The molecule has 0 atom stereocenters. The van der Waals surface area contributed by atoms with Gasteiger partial charge in [-0.05, 0) is 18.6 Å². The van der Waals surface area contributed by atoms with Gasteiger partial charge in [0.2, 0.25) is 0 Å². The Morgan fingerprint density at radius 2 is 1.17 bits per heavy atom. The van der Waals surface area contributed by atoms with Crippen LogP contribution in [-0.2, 0) is 0 Å². The second-order valence-corrected chi connectivity index (χ2v) is 7.95. The molecule has 172 valence electrons. The number of carboxylic acids is 1. The maximum absolute atomic E-state index is 11.5. The lowest BCUT2D eigenvalue weighted by Gasteiger charge is -2.13. The minimum absolute atomic E-state index is 0.0244. The van der Waals surface area contributed by atoms with E-state index in [9.17, 15) is 9.90 Å². The summed E-state index contributed by atoms with van der Waals surface area (Å²) >= 11 is 0. The van der Waals surface area contributed by atoms with Crippen LogP contribution in [0.25, 0.3) is 0 Å². The third-order valence-corrected chi connectivity index (χ3v) is 5.31. The van der Waals surface area contributed by atoms with Crippen molar-refractivity contribution in [2.45, 2.75) is 96.8 Å². The zero-order chi connectivity index (χ0) is 21.9. The molecule has 1 aromatic carbocycles. The Kier molecular flexibility index (Phi) is 15.8. The molecule has 0 bridgehead atoms. The molecule has 1 aromatic rings. The van der Waals surface area contributed by atoms with Crippen molar-refractivity contribution < 1.29 is 24.5 Å². The topological polar surface area (TPSA) is 76.0 Å². The van der Waals surface area contributed by atoms with Crippen molar-refractivity contribution in [1.29, 1.82) is 0 Å². The first kappa shape index (κ1) is 26.3. The number of aromatic carboxylic acids is 1. The number of hydrogen-bond donors (Lipinski definition) is 2. The fourth-order valence-electron chi connectivity index (χ4n) is 3.60. The maximum Gasteiger partial charge on any atom is 0.343 e. The molecule has 0 radical (unpaired) electrons. The van der Waals surface area contributed by atoms with E-state index in [0.29, 0.717) is 12.4 Å². The molecule has 0 unspecified atom stereocenters. The normalized spacial score (nSPS) is 10.9. The molecule has 0 saturated carbocycles. The van der Waals surface area contributed by atoms with E-state index in [1.165, 1.54) is 77.0 Å². The molecular weight excluding hydrogens is 380 g/mol. The van der Waals surface area contributed by atoms with Crippen LogP contribution in [0.3, 0.4) is 0 Å². The predicted octanol–water partition coefficient (Wildman–Crippen LogP) is 6.62. The minimum atomic E-state index is -1.08. The highest BCUT2D eigenvalue weighted by atomic mass is 16.5. The molecule has 0 aromatic heterocycles. The summed E-state index contributed by atoms with van der Waals surface area (Å²) in [6, 6.07) is 4.94. The van der Waals surface area contributed by atoms with Gasteiger partial charge in [0.05, 0.1) is 13.2 Å². The lowest BCUT2D eigenvalue weighted by Crippen LogP contribution is -2.09. The Hall–Kier alpha value is -1.75. The molecule has 0 aliphatic heterocycles. The van der Waals surface area contributed by atoms with E-state index >= 15 is 0 Å². The fraction of sp³-hybridized carbons (Fsp3) is 0.720. The van der Waals surface area contributed by atoms with Crippen molar-refractivity contribution in [2.24, 2.45) is 0 Å². The van der Waals surface area contributed by atoms with Gasteiger partial charge in [0.1, 0.15) is 23.7 Å². The Morgan fingerprint density at radius 3 is 1.60 bits per heavy atom. The second-order valence-electron chi connectivity index (χ2n) is 7.95. The first-order valence-electron chi connectivity index (χ1n) is 11.9. The van der Waals surface area contributed by atoms with Crippen molar-refractivity contribution >= 4 is 5.97 Å². The molecule has 5 heteroatoms. The molecule has 30 heavy (non-hydrogen) atoms. The summed E-state index contributed by atoms with van der Waals surface area (Å²) in [5, 5.41) is 18.3. The average molecular weight is 423 g/mol. The van der Waals surface area contributed by atoms with Gasteiger partial charge in [-0.15, -0.1) is 0 Å². The molecular formula is C25H42O5. The first-order valence-corrected chi connectivity index (χ1v) is 11.9. The molecule has 0 aliphatic carbocycles. The highest BCUT2D eigenvalue weighted by Crippen LogP contribution is 2.29. The zero-order valence-corrected chi connectivity index (χ0v) is 18.9. The Bertz CT molecular complexity index is 558. The van der Waals surface area contributed by atoms with E-state index in [0.717, 1.165) is 12.8 Å². The third kappa shape index (κ3) is 12.1. The molecule has 0 aliphatic rings. The van der Waals surface area contributed by atoms with Crippen molar-refractivity contribution in [3.63, 3.8) is 0 Å². The van der Waals surface area contributed by atoms with E-state index in [-0.39, 0.29) is 24.5 Å². The monoisotopic (exact) mass is 422 g/mol. The van der Waals surface area contributed by atoms with Gasteiger partial charge in [0.15, 0.2) is 0 Å². The minimum Gasteiger partial charge on any atom is -0.493 e. The summed E-state index contributed by atoms with van der Waals surface area (Å²) in [7, 11) is 0. The largest absolute Gasteiger partial charge is 0.493 e. The Morgan fingerprint density at radius 1 is 0.733 bits per heavy atom. The number of unbranched alkanes of at least 4 members (excludes halogenated alkanes) is 13. The molecule has 2 N–H and O–H groups in total. The summed E-state index contributed by atoms with van der Waals surface area (Å²) in [4.78, 5) is 11.5. The quantitative estimate of drug-likeness (QED) is 0.231. The number of ether oxygens (including phenoxy) is 2. The van der Waals surface area contributed by atoms with Gasteiger partial charge < -0.3 is 19.7 Å². The van der Waals surface area contributed by atoms with E-state index in [4.69, 9.17) is 14.6 Å². The Balaban J connectivity index is 2.07. The second kappa shape index (κ2) is 18.1. The molecule has 0 fully saturated rings. The standard InChI is InChI=1S/C25H42O5/c1-2-3-4-5-6-7-8-9-10-11-12-13-14-15-20-29-22-17-16-18-23(30-21-19-26)24(22)25(27)28/h16-18,26H,2-15,19-21H2,1H3,(H,27,28). The highest BCUT2D eigenvalue weighted by molar-refractivity contribution is 5.94. The Labute approximate surface area is 182 Å². The lowest BCUT2D eigenvalue weighted by molar-refractivity contribution is 0.0685. The molecule has 0 spiro atoms. The van der Waals surface area contributed by atoms with Crippen LogP contribution in [-0.4, -0.2) is 36.0 Å². The van der Waals surface area contributed by atoms with Gasteiger partial charge in [-0.1, -0.05) is 96.5 Å². The smallest absolute Gasteiger partial charge is 0.343 e. The summed E-state index contributed by atoms with van der Waals surface area (Å²) < 4.78 is 11.0. The van der Waals surface area contributed by atoms with Crippen LogP contribution in [0, 0.1) is 0 Å². The number of carboxylic acid groups (broad SMARTS) is 1. The number of aliphatic hydroxyl groups is 1. The summed E-state index contributed by atoms with van der Waals surface area (Å²) in [5.74, 6) is -0.526. The average Bonchev–Trinajstić information content (AvgIpc) is 2.74. The molecule has 1 rings (SSSR count). The van der Waals surface area contributed by atoms with Crippen molar-refractivity contribution in [3.8, 4) is 11.5 Å². The van der Waals surface area contributed by atoms with Crippen molar-refractivity contribution in [2.75, 3.05) is 19.8 Å². The van der Waals surface area contributed by atoms with Crippen LogP contribution in [0.2, 0.25) is 0 Å². The number of benzene rings is 1. The lowest BCUT2D eigenvalue weighted by atomic mass is 10.0. The number of hydrogen-bond acceptors (Lipinski definition) is 4. The number of carbonyl (C=O) groups is 1. The zero-order valence-electron chi connectivity index (χ0n) is 18.9. The summed E-state index contributed by atoms with van der Waals surface area (Å²) in [5.41, 5.74) is 0.0244. The SMILES string of the molecule is CCCCCCCCCCCCCCCCOc1cccc(OCCO)c1C(=O)O. The third-order valence-electron chi connectivity index (χ3n) is 5.31. The van der Waals surface area contributed by atoms with Gasteiger partial charge in [-0.2, -0.15) is 0 Å². The van der Waals surface area contributed by atoms with Gasteiger partial charge in [0, 0.05) is 0 Å². The van der Waals surface area contributed by atoms with Crippen molar-refractivity contribution in [3.05, 3.63) is 23.8 Å². The number of aliphatic hydroxyl groups excluding tert-OH is 1. The van der Waals surface area contributed by atoms with Crippen LogP contribution in [0.1, 0.15) is 107 Å². The van der Waals surface area contributed by atoms with E-state index < -0.39 is 5.97 Å². The van der Waals surface area contributed by atoms with Crippen LogP contribution in [0.4, 0.5) is 0 Å². The molecule has 5 nitrogen and oxygen atoms in total. The van der Waals surface area contributed by atoms with E-state index in [1.54, 1.807) is 18.2 Å². The molecule has 0 amide bonds. The predicted molar refractivity (Wildman–Crippen MR) is 122 cm³/mol. The molecule has 0 saturated heterocycles. The number of rotatable bonds is 20. The summed E-state index contributed by atoms with van der Waals surface area (Å²) in [6.07, 6.45) is 18.2. The van der Waals surface area contributed by atoms with Gasteiger partial charge in [-0.25, -0.2) is 4.79 Å². The van der Waals surface area contributed by atoms with Crippen LogP contribution in [0.15, 0.2) is 18.2 Å². The van der Waals surface area contributed by atoms with Crippen LogP contribution < -0.4 is 9.47 Å². The maximum atomic E-state index is 11.5. The van der Waals surface area contributed by atoms with Crippen LogP contribution in [0.5, 0.6) is 11.5 Å².